The van der Waals surface area contributed by atoms with E-state index in [9.17, 15) is 4.79 Å². The lowest BCUT2D eigenvalue weighted by molar-refractivity contribution is -0.124. The molecule has 0 radical (unpaired) electrons. The third-order valence-electron chi connectivity index (χ3n) is 3.58. The average molecular weight is 376 g/mol. The summed E-state index contributed by atoms with van der Waals surface area (Å²) in [5, 5.41) is 2.96. The number of amides is 1. The van der Waals surface area contributed by atoms with Crippen molar-refractivity contribution in [1.29, 1.82) is 0 Å². The van der Waals surface area contributed by atoms with Crippen molar-refractivity contribution in [3.8, 4) is 0 Å². The first-order valence-electron chi connectivity index (χ1n) is 5.98. The molecule has 1 aliphatic rings. The fourth-order valence-corrected chi connectivity index (χ4v) is 3.73. The molecule has 5 heteroatoms. The normalized spacial score (nSPS) is 17.7. The Morgan fingerprint density at radius 2 is 1.94 bits per heavy atom. The molecule has 3 N–H and O–H groups in total. The van der Waals surface area contributed by atoms with Crippen LogP contribution in [0.25, 0.3) is 0 Å². The van der Waals surface area contributed by atoms with E-state index in [4.69, 9.17) is 5.73 Å². The van der Waals surface area contributed by atoms with Gasteiger partial charge in [0, 0.05) is 14.4 Å². The standard InChI is InChI=1S/C13H16Br2N2O/c1-13(4-2-3-5-13)12(18)17-11-9(15)6-8(14)7-10(11)16/h6-7H,2-5,16H2,1H3,(H,17,18). The van der Waals surface area contributed by atoms with Crippen LogP contribution in [-0.2, 0) is 4.79 Å². The van der Waals surface area contributed by atoms with Crippen LogP contribution >= 0.6 is 31.9 Å². The third kappa shape index (κ3) is 2.72. The molecule has 0 heterocycles. The molecule has 1 fully saturated rings. The number of anilines is 2. The van der Waals surface area contributed by atoms with Crippen molar-refractivity contribution in [3.63, 3.8) is 0 Å². The van der Waals surface area contributed by atoms with Crippen molar-refractivity contribution >= 4 is 49.1 Å². The zero-order valence-electron chi connectivity index (χ0n) is 10.2. The Balaban J connectivity index is 2.22. The fraction of sp³-hybridized carbons (Fsp3) is 0.462. The number of nitrogens with one attached hydrogen (secondary N) is 1. The van der Waals surface area contributed by atoms with Gasteiger partial charge in [-0.2, -0.15) is 0 Å². The van der Waals surface area contributed by atoms with E-state index in [1.165, 1.54) is 0 Å². The number of hydrogen-bond acceptors (Lipinski definition) is 2. The SMILES string of the molecule is CC1(C(=O)Nc2c(N)cc(Br)cc2Br)CCCC1. The predicted octanol–water partition coefficient (Wildman–Crippen LogP) is 4.31. The Hall–Kier alpha value is -0.550. The van der Waals surface area contributed by atoms with Gasteiger partial charge in [-0.3, -0.25) is 4.79 Å². The van der Waals surface area contributed by atoms with Crippen molar-refractivity contribution in [2.45, 2.75) is 32.6 Å². The Morgan fingerprint density at radius 3 is 2.50 bits per heavy atom. The highest BCUT2D eigenvalue weighted by atomic mass is 79.9. The second kappa shape index (κ2) is 5.21. The Labute approximate surface area is 124 Å². The smallest absolute Gasteiger partial charge is 0.230 e. The van der Waals surface area contributed by atoms with E-state index < -0.39 is 0 Å². The molecule has 0 spiro atoms. The molecule has 0 saturated heterocycles. The minimum absolute atomic E-state index is 0.0646. The predicted molar refractivity (Wildman–Crippen MR) is 81.5 cm³/mol. The molecule has 0 aromatic heterocycles. The summed E-state index contributed by atoms with van der Waals surface area (Å²) < 4.78 is 1.68. The van der Waals surface area contributed by atoms with Crippen LogP contribution < -0.4 is 11.1 Å². The number of rotatable bonds is 2. The molecule has 18 heavy (non-hydrogen) atoms. The van der Waals surface area contributed by atoms with Gasteiger partial charge in [0.2, 0.25) is 5.91 Å². The number of nitrogens with two attached hydrogens (primary N) is 1. The van der Waals surface area contributed by atoms with Crippen LogP contribution in [0.2, 0.25) is 0 Å². The molecular weight excluding hydrogens is 360 g/mol. The van der Waals surface area contributed by atoms with Gasteiger partial charge in [0.25, 0.3) is 0 Å². The molecule has 1 aromatic rings. The molecule has 1 aliphatic carbocycles. The van der Waals surface area contributed by atoms with E-state index >= 15 is 0 Å². The van der Waals surface area contributed by atoms with Crippen molar-refractivity contribution in [2.75, 3.05) is 11.1 Å². The molecule has 1 aromatic carbocycles. The number of benzene rings is 1. The van der Waals surface area contributed by atoms with Gasteiger partial charge in [0.05, 0.1) is 11.4 Å². The number of halogens is 2. The summed E-state index contributed by atoms with van der Waals surface area (Å²) in [5.41, 5.74) is 6.91. The molecule has 98 valence electrons. The van der Waals surface area contributed by atoms with Crippen LogP contribution in [0.5, 0.6) is 0 Å². The van der Waals surface area contributed by atoms with E-state index in [1.807, 2.05) is 13.0 Å². The van der Waals surface area contributed by atoms with Crippen molar-refractivity contribution in [3.05, 3.63) is 21.1 Å². The maximum atomic E-state index is 12.3. The largest absolute Gasteiger partial charge is 0.397 e. The van der Waals surface area contributed by atoms with Gasteiger partial charge >= 0.3 is 0 Å². The quantitative estimate of drug-likeness (QED) is 0.756. The van der Waals surface area contributed by atoms with Gasteiger partial charge in [0.15, 0.2) is 0 Å². The van der Waals surface area contributed by atoms with E-state index in [0.717, 1.165) is 34.6 Å². The van der Waals surface area contributed by atoms with Crippen molar-refractivity contribution in [2.24, 2.45) is 5.41 Å². The zero-order chi connectivity index (χ0) is 13.3. The van der Waals surface area contributed by atoms with Crippen LogP contribution in [-0.4, -0.2) is 5.91 Å². The number of hydrogen-bond donors (Lipinski definition) is 2. The van der Waals surface area contributed by atoms with Crippen LogP contribution in [0, 0.1) is 5.41 Å². The second-order valence-corrected chi connectivity index (χ2v) is 6.84. The van der Waals surface area contributed by atoms with Crippen LogP contribution in [0.1, 0.15) is 32.6 Å². The van der Waals surface area contributed by atoms with Crippen molar-refractivity contribution < 1.29 is 4.79 Å². The minimum Gasteiger partial charge on any atom is -0.397 e. The van der Waals surface area contributed by atoms with Crippen LogP contribution in [0.3, 0.4) is 0 Å². The lowest BCUT2D eigenvalue weighted by atomic mass is 9.88. The molecular formula is C13H16Br2N2O. The molecule has 1 amide bonds. The number of carbonyl (C=O) groups is 1. The van der Waals surface area contributed by atoms with Gasteiger partial charge in [-0.25, -0.2) is 0 Å². The lowest BCUT2D eigenvalue weighted by Gasteiger charge is -2.23. The minimum atomic E-state index is -0.251. The average Bonchev–Trinajstić information content (AvgIpc) is 2.71. The molecule has 0 aliphatic heterocycles. The monoisotopic (exact) mass is 374 g/mol. The molecule has 0 unspecified atom stereocenters. The van der Waals surface area contributed by atoms with Crippen LogP contribution in [0.15, 0.2) is 21.1 Å². The molecule has 1 saturated carbocycles. The lowest BCUT2D eigenvalue weighted by Crippen LogP contribution is -2.31. The molecule has 0 atom stereocenters. The second-order valence-electron chi connectivity index (χ2n) is 5.07. The van der Waals surface area contributed by atoms with Gasteiger partial charge in [0.1, 0.15) is 0 Å². The summed E-state index contributed by atoms with van der Waals surface area (Å²) in [5.74, 6) is 0.0646. The van der Waals surface area contributed by atoms with Gasteiger partial charge in [-0.1, -0.05) is 35.7 Å². The molecule has 0 bridgehead atoms. The first kappa shape index (κ1) is 13.9. The Morgan fingerprint density at radius 1 is 1.33 bits per heavy atom. The van der Waals surface area contributed by atoms with E-state index in [-0.39, 0.29) is 11.3 Å². The topological polar surface area (TPSA) is 55.1 Å². The van der Waals surface area contributed by atoms with E-state index in [0.29, 0.717) is 11.4 Å². The van der Waals surface area contributed by atoms with E-state index in [1.54, 1.807) is 6.07 Å². The first-order valence-corrected chi connectivity index (χ1v) is 7.57. The summed E-state index contributed by atoms with van der Waals surface area (Å²) in [6, 6.07) is 3.67. The van der Waals surface area contributed by atoms with Crippen molar-refractivity contribution in [1.82, 2.24) is 0 Å². The highest BCUT2D eigenvalue weighted by Crippen LogP contribution is 2.40. The molecule has 2 rings (SSSR count). The fourth-order valence-electron chi connectivity index (χ4n) is 2.37. The Kier molecular flexibility index (Phi) is 4.02. The van der Waals surface area contributed by atoms with E-state index in [2.05, 4.69) is 37.2 Å². The highest BCUT2D eigenvalue weighted by Gasteiger charge is 2.36. The maximum Gasteiger partial charge on any atom is 0.230 e. The summed E-state index contributed by atoms with van der Waals surface area (Å²) in [4.78, 5) is 12.3. The Bertz CT molecular complexity index is 459. The van der Waals surface area contributed by atoms with Crippen LogP contribution in [0.4, 0.5) is 11.4 Å². The number of carbonyl (C=O) groups excluding carboxylic acids is 1. The summed E-state index contributed by atoms with van der Waals surface area (Å²) in [6.07, 6.45) is 4.15. The van der Waals surface area contributed by atoms with Gasteiger partial charge in [-0.05, 0) is 40.9 Å². The zero-order valence-corrected chi connectivity index (χ0v) is 13.4. The van der Waals surface area contributed by atoms with Gasteiger partial charge < -0.3 is 11.1 Å². The number of nitrogen functional groups attached to an aromatic ring is 1. The summed E-state index contributed by atoms with van der Waals surface area (Å²) in [6.45, 7) is 2.03. The summed E-state index contributed by atoms with van der Waals surface area (Å²) in [7, 11) is 0. The maximum absolute atomic E-state index is 12.3. The third-order valence-corrected chi connectivity index (χ3v) is 4.66. The van der Waals surface area contributed by atoms with Gasteiger partial charge in [-0.15, -0.1) is 0 Å². The summed E-state index contributed by atoms with van der Waals surface area (Å²) >= 11 is 6.80. The highest BCUT2D eigenvalue weighted by molar-refractivity contribution is 9.11. The first-order chi connectivity index (χ1) is 8.42. The molecule has 3 nitrogen and oxygen atoms in total.